The van der Waals surface area contributed by atoms with Gasteiger partial charge in [-0.3, -0.25) is 0 Å². The molecule has 20 heavy (non-hydrogen) atoms. The molecule has 1 N–H and O–H groups in total. The van der Waals surface area contributed by atoms with Crippen molar-refractivity contribution in [2.75, 3.05) is 20.3 Å². The summed E-state index contributed by atoms with van der Waals surface area (Å²) in [6.45, 7) is 6.73. The van der Waals surface area contributed by atoms with Crippen molar-refractivity contribution in [1.29, 1.82) is 0 Å². The molecule has 0 amide bonds. The van der Waals surface area contributed by atoms with Crippen molar-refractivity contribution in [2.24, 2.45) is 0 Å². The maximum Gasteiger partial charge on any atom is 0.0587 e. The van der Waals surface area contributed by atoms with E-state index >= 15 is 0 Å². The van der Waals surface area contributed by atoms with Crippen LogP contribution in [0.5, 0.6) is 0 Å². The fourth-order valence-electron chi connectivity index (χ4n) is 2.39. The number of benzene rings is 1. The van der Waals surface area contributed by atoms with Crippen LogP contribution in [0.3, 0.4) is 0 Å². The van der Waals surface area contributed by atoms with Gasteiger partial charge < -0.3 is 14.6 Å². The summed E-state index contributed by atoms with van der Waals surface area (Å²) in [4.78, 5) is 0. The monoisotopic (exact) mass is 292 g/mol. The van der Waals surface area contributed by atoms with Gasteiger partial charge in [0.1, 0.15) is 0 Å². The lowest BCUT2D eigenvalue weighted by atomic mass is 10.2. The summed E-state index contributed by atoms with van der Waals surface area (Å²) in [5, 5.41) is 4.15. The molecule has 0 radical (unpaired) electrons. The largest absolute Gasteiger partial charge is 0.383 e. The number of ether oxygens (including phenoxy) is 1. The molecular formula is C16H21ClN2O. The van der Waals surface area contributed by atoms with E-state index in [1.54, 1.807) is 7.11 Å². The van der Waals surface area contributed by atoms with Crippen LogP contribution in [-0.4, -0.2) is 24.8 Å². The number of hydrogen-bond acceptors (Lipinski definition) is 2. The Morgan fingerprint density at radius 2 is 1.90 bits per heavy atom. The van der Waals surface area contributed by atoms with Crippen LogP contribution in [0.15, 0.2) is 30.3 Å². The molecule has 0 saturated heterocycles. The predicted molar refractivity (Wildman–Crippen MR) is 83.8 cm³/mol. The maximum absolute atomic E-state index is 5.95. The van der Waals surface area contributed by atoms with Crippen LogP contribution < -0.4 is 5.32 Å². The lowest BCUT2D eigenvalue weighted by Crippen LogP contribution is -2.18. The van der Waals surface area contributed by atoms with Crippen LogP contribution in [0, 0.1) is 13.8 Å². The normalized spacial score (nSPS) is 11.0. The van der Waals surface area contributed by atoms with Gasteiger partial charge in [-0.2, -0.15) is 0 Å². The number of methoxy groups -OCH3 is 1. The van der Waals surface area contributed by atoms with E-state index in [1.807, 2.05) is 24.3 Å². The van der Waals surface area contributed by atoms with Gasteiger partial charge in [0.25, 0.3) is 0 Å². The maximum atomic E-state index is 5.95. The first-order chi connectivity index (χ1) is 9.63. The molecule has 0 saturated carbocycles. The zero-order chi connectivity index (χ0) is 14.5. The zero-order valence-electron chi connectivity index (χ0n) is 12.2. The van der Waals surface area contributed by atoms with E-state index in [2.05, 4.69) is 29.8 Å². The number of aryl methyl sites for hydroxylation is 1. The molecule has 2 rings (SSSR count). The molecule has 0 bridgehead atoms. The Balaban J connectivity index is 2.18. The number of halogens is 1. The SMILES string of the molecule is COCCNCc1cc(C)n(-c2ccc(Cl)cc2)c1C. The lowest BCUT2D eigenvalue weighted by Gasteiger charge is -2.10. The summed E-state index contributed by atoms with van der Waals surface area (Å²) in [5.41, 5.74) is 4.95. The van der Waals surface area contributed by atoms with E-state index in [4.69, 9.17) is 16.3 Å². The first-order valence-corrected chi connectivity index (χ1v) is 7.14. The van der Waals surface area contributed by atoms with E-state index in [0.29, 0.717) is 0 Å². The quantitative estimate of drug-likeness (QED) is 0.825. The Labute approximate surface area is 125 Å². The highest BCUT2D eigenvalue weighted by molar-refractivity contribution is 6.30. The first-order valence-electron chi connectivity index (χ1n) is 6.77. The topological polar surface area (TPSA) is 26.2 Å². The van der Waals surface area contributed by atoms with Crippen molar-refractivity contribution >= 4 is 11.6 Å². The Kier molecular flexibility index (Phi) is 5.24. The number of hydrogen-bond donors (Lipinski definition) is 1. The van der Waals surface area contributed by atoms with E-state index in [0.717, 1.165) is 30.4 Å². The highest BCUT2D eigenvalue weighted by Gasteiger charge is 2.10. The molecule has 0 aliphatic rings. The van der Waals surface area contributed by atoms with E-state index in [-0.39, 0.29) is 0 Å². The minimum absolute atomic E-state index is 0.732. The summed E-state index contributed by atoms with van der Waals surface area (Å²) in [6, 6.07) is 10.2. The fourth-order valence-corrected chi connectivity index (χ4v) is 2.52. The second-order valence-electron chi connectivity index (χ2n) is 4.88. The first kappa shape index (κ1) is 15.1. The number of nitrogens with one attached hydrogen (secondary N) is 1. The highest BCUT2D eigenvalue weighted by atomic mass is 35.5. The van der Waals surface area contributed by atoms with E-state index in [1.165, 1.54) is 17.0 Å². The average molecular weight is 293 g/mol. The van der Waals surface area contributed by atoms with Crippen LogP contribution >= 0.6 is 11.6 Å². The summed E-state index contributed by atoms with van der Waals surface area (Å²) in [6.07, 6.45) is 0. The van der Waals surface area contributed by atoms with Gasteiger partial charge in [0.2, 0.25) is 0 Å². The smallest absolute Gasteiger partial charge is 0.0587 e. The number of rotatable bonds is 6. The zero-order valence-corrected chi connectivity index (χ0v) is 13.0. The molecule has 0 atom stereocenters. The van der Waals surface area contributed by atoms with Crippen molar-refractivity contribution in [1.82, 2.24) is 9.88 Å². The molecule has 0 fully saturated rings. The number of aromatic nitrogens is 1. The van der Waals surface area contributed by atoms with Crippen molar-refractivity contribution in [3.05, 3.63) is 52.3 Å². The van der Waals surface area contributed by atoms with Gasteiger partial charge in [-0.25, -0.2) is 0 Å². The third-order valence-electron chi connectivity index (χ3n) is 3.42. The minimum atomic E-state index is 0.732. The Morgan fingerprint density at radius 1 is 1.20 bits per heavy atom. The molecule has 108 valence electrons. The summed E-state index contributed by atoms with van der Waals surface area (Å²) in [5.74, 6) is 0. The third-order valence-corrected chi connectivity index (χ3v) is 3.67. The van der Waals surface area contributed by atoms with Crippen molar-refractivity contribution in [3.8, 4) is 5.69 Å². The van der Waals surface area contributed by atoms with Crippen LogP contribution in [0.25, 0.3) is 5.69 Å². The number of nitrogens with zero attached hydrogens (tertiary/aromatic N) is 1. The summed E-state index contributed by atoms with van der Waals surface area (Å²) >= 11 is 5.95. The predicted octanol–water partition coefficient (Wildman–Crippen LogP) is 3.48. The van der Waals surface area contributed by atoms with E-state index < -0.39 is 0 Å². The van der Waals surface area contributed by atoms with Crippen LogP contribution in [0.4, 0.5) is 0 Å². The van der Waals surface area contributed by atoms with Gasteiger partial charge in [0, 0.05) is 42.3 Å². The van der Waals surface area contributed by atoms with Crippen molar-refractivity contribution in [3.63, 3.8) is 0 Å². The highest BCUT2D eigenvalue weighted by Crippen LogP contribution is 2.22. The lowest BCUT2D eigenvalue weighted by molar-refractivity contribution is 0.199. The Hall–Kier alpha value is -1.29. The molecule has 0 spiro atoms. The molecule has 0 aliphatic heterocycles. The van der Waals surface area contributed by atoms with Gasteiger partial charge in [-0.1, -0.05) is 11.6 Å². The minimum Gasteiger partial charge on any atom is -0.383 e. The molecule has 2 aromatic rings. The Bertz CT molecular complexity index is 561. The van der Waals surface area contributed by atoms with Gasteiger partial charge in [0.15, 0.2) is 0 Å². The standard InChI is InChI=1S/C16H21ClN2O/c1-12-10-14(11-18-8-9-20-3)13(2)19(12)16-6-4-15(17)5-7-16/h4-7,10,18H,8-9,11H2,1-3H3. The van der Waals surface area contributed by atoms with E-state index in [9.17, 15) is 0 Å². The van der Waals surface area contributed by atoms with Crippen molar-refractivity contribution < 1.29 is 4.74 Å². The second kappa shape index (κ2) is 6.93. The van der Waals surface area contributed by atoms with Gasteiger partial charge in [0.05, 0.1) is 6.61 Å². The molecule has 4 heteroatoms. The molecule has 0 aliphatic carbocycles. The molecule has 3 nitrogen and oxygen atoms in total. The van der Waals surface area contributed by atoms with Gasteiger partial charge in [-0.15, -0.1) is 0 Å². The third kappa shape index (κ3) is 3.42. The molecule has 1 heterocycles. The van der Waals surface area contributed by atoms with Gasteiger partial charge >= 0.3 is 0 Å². The molecular weight excluding hydrogens is 272 g/mol. The van der Waals surface area contributed by atoms with Crippen LogP contribution in [0.1, 0.15) is 17.0 Å². The molecule has 1 aromatic carbocycles. The Morgan fingerprint density at radius 3 is 2.55 bits per heavy atom. The average Bonchev–Trinajstić information content (AvgIpc) is 2.71. The molecule has 1 aromatic heterocycles. The fraction of sp³-hybridized carbons (Fsp3) is 0.375. The second-order valence-corrected chi connectivity index (χ2v) is 5.31. The summed E-state index contributed by atoms with van der Waals surface area (Å²) < 4.78 is 7.29. The molecule has 0 unspecified atom stereocenters. The van der Waals surface area contributed by atoms with Gasteiger partial charge in [-0.05, 0) is 49.7 Å². The summed E-state index contributed by atoms with van der Waals surface area (Å²) in [7, 11) is 1.72. The van der Waals surface area contributed by atoms with Crippen molar-refractivity contribution in [2.45, 2.75) is 20.4 Å². The van der Waals surface area contributed by atoms with Crippen LogP contribution in [0.2, 0.25) is 5.02 Å². The van der Waals surface area contributed by atoms with Crippen LogP contribution in [-0.2, 0) is 11.3 Å².